The van der Waals surface area contributed by atoms with Crippen molar-refractivity contribution >= 4 is 5.97 Å². The van der Waals surface area contributed by atoms with Crippen molar-refractivity contribution in [1.82, 2.24) is 0 Å². The molecule has 1 aliphatic carbocycles. The molecule has 0 unspecified atom stereocenters. The van der Waals surface area contributed by atoms with E-state index < -0.39 is 5.97 Å². The summed E-state index contributed by atoms with van der Waals surface area (Å²) >= 11 is 0. The number of hydrogen-bond donors (Lipinski definition) is 1. The summed E-state index contributed by atoms with van der Waals surface area (Å²) in [7, 11) is 0. The van der Waals surface area contributed by atoms with Crippen molar-refractivity contribution in [3.8, 4) is 0 Å². The molecule has 0 aromatic rings. The second kappa shape index (κ2) is 1.22. The molecule has 0 aromatic heterocycles. The largest absolute Gasteiger partial charge is 0.481 e. The van der Waals surface area contributed by atoms with E-state index in [0.717, 1.165) is 6.42 Å². The molecule has 1 saturated carbocycles. The molecular weight excluding hydrogens is 92.1 g/mol. The van der Waals surface area contributed by atoms with E-state index in [-0.39, 0.29) is 11.8 Å². The van der Waals surface area contributed by atoms with Gasteiger partial charge in [-0.05, 0) is 19.3 Å². The highest BCUT2D eigenvalue weighted by Crippen LogP contribution is 2.36. The Labute approximate surface area is 42.1 Å². The zero-order chi connectivity index (χ0) is 5.44. The minimum atomic E-state index is -0.694. The lowest BCUT2D eigenvalue weighted by atomic mass is 10.3. The predicted octanol–water partition coefficient (Wildman–Crippen LogP) is 0.541. The number of carboxylic acids is 1. The van der Waals surface area contributed by atoms with Crippen LogP contribution in [0.2, 0.25) is 0 Å². The minimum absolute atomic E-state index is 0.125. The van der Waals surface area contributed by atoms with Crippen molar-refractivity contribution in [2.45, 2.75) is 6.42 Å². The van der Waals surface area contributed by atoms with E-state index in [4.69, 9.17) is 5.11 Å². The Morgan fingerprint density at radius 1 is 1.86 bits per heavy atom. The average Bonchev–Trinajstić information content (AvgIpc) is 2.17. The molecule has 1 fully saturated rings. The van der Waals surface area contributed by atoms with Crippen LogP contribution in [0, 0.1) is 18.8 Å². The topological polar surface area (TPSA) is 37.3 Å². The van der Waals surface area contributed by atoms with Crippen molar-refractivity contribution in [3.05, 3.63) is 6.92 Å². The molecule has 1 rings (SSSR count). The van der Waals surface area contributed by atoms with E-state index in [2.05, 4.69) is 6.92 Å². The maximum atomic E-state index is 9.93. The van der Waals surface area contributed by atoms with Crippen LogP contribution < -0.4 is 0 Å². The van der Waals surface area contributed by atoms with Gasteiger partial charge in [0.25, 0.3) is 0 Å². The van der Waals surface area contributed by atoms with Gasteiger partial charge in [0.05, 0.1) is 5.92 Å². The normalized spacial score (nSPS) is 37.9. The fraction of sp³-hybridized carbons (Fsp3) is 0.600. The summed E-state index contributed by atoms with van der Waals surface area (Å²) in [6.07, 6.45) is 0.773. The molecule has 0 bridgehead atoms. The molecule has 0 saturated heterocycles. The molecule has 0 heterocycles. The summed E-state index contributed by atoms with van der Waals surface area (Å²) in [5.74, 6) is -0.627. The molecule has 1 aliphatic rings. The molecule has 0 aliphatic heterocycles. The van der Waals surface area contributed by atoms with E-state index >= 15 is 0 Å². The van der Waals surface area contributed by atoms with Crippen molar-refractivity contribution in [2.75, 3.05) is 0 Å². The Kier molecular flexibility index (Phi) is 0.805. The number of aliphatic carboxylic acids is 1. The molecule has 7 heavy (non-hydrogen) atoms. The summed E-state index contributed by atoms with van der Waals surface area (Å²) < 4.78 is 0. The SMILES string of the molecule is [CH2][C@H]1C[C@@H]1C(=O)O. The van der Waals surface area contributed by atoms with Gasteiger partial charge in [-0.25, -0.2) is 0 Å². The standard InChI is InChI=1S/C5H7O2/c1-3-2-4(3)5(6)7/h3-4H,1-2H2,(H,6,7)/t3-,4-/m0/s1. The summed E-state index contributed by atoms with van der Waals surface area (Å²) in [6, 6.07) is 0. The first-order valence-corrected chi connectivity index (χ1v) is 2.27. The lowest BCUT2D eigenvalue weighted by molar-refractivity contribution is -0.138. The molecule has 2 heteroatoms. The number of rotatable bonds is 1. The Balaban J connectivity index is 2.33. The summed E-state index contributed by atoms with van der Waals surface area (Å²) in [5, 5.41) is 8.18. The van der Waals surface area contributed by atoms with Crippen LogP contribution >= 0.6 is 0 Å². The predicted molar refractivity (Wildman–Crippen MR) is 24.6 cm³/mol. The number of carbonyl (C=O) groups is 1. The van der Waals surface area contributed by atoms with Crippen LogP contribution in [-0.2, 0) is 4.79 Å². The van der Waals surface area contributed by atoms with E-state index in [0.29, 0.717) is 0 Å². The van der Waals surface area contributed by atoms with Crippen LogP contribution in [0.15, 0.2) is 0 Å². The van der Waals surface area contributed by atoms with Gasteiger partial charge in [-0.15, -0.1) is 0 Å². The number of hydrogen-bond acceptors (Lipinski definition) is 1. The summed E-state index contributed by atoms with van der Waals surface area (Å²) in [4.78, 5) is 9.93. The lowest BCUT2D eigenvalue weighted by Gasteiger charge is -1.79. The molecular formula is C5H7O2. The van der Waals surface area contributed by atoms with Crippen LogP contribution in [-0.4, -0.2) is 11.1 Å². The van der Waals surface area contributed by atoms with Gasteiger partial charge in [-0.1, -0.05) is 0 Å². The smallest absolute Gasteiger partial charge is 0.306 e. The maximum Gasteiger partial charge on any atom is 0.306 e. The van der Waals surface area contributed by atoms with Crippen LogP contribution in [0.25, 0.3) is 0 Å². The number of carboxylic acid groups (broad SMARTS) is 1. The van der Waals surface area contributed by atoms with E-state index in [1.54, 1.807) is 0 Å². The Hall–Kier alpha value is -0.530. The zero-order valence-electron chi connectivity index (χ0n) is 3.92. The zero-order valence-corrected chi connectivity index (χ0v) is 3.92. The molecule has 0 amide bonds. The maximum absolute atomic E-state index is 9.93. The molecule has 0 spiro atoms. The van der Waals surface area contributed by atoms with Crippen molar-refractivity contribution in [3.63, 3.8) is 0 Å². The Morgan fingerprint density at radius 3 is 2.29 bits per heavy atom. The molecule has 0 aromatic carbocycles. The third-order valence-electron chi connectivity index (χ3n) is 1.24. The van der Waals surface area contributed by atoms with Gasteiger partial charge in [0, 0.05) is 0 Å². The molecule has 2 atom stereocenters. The third-order valence-corrected chi connectivity index (χ3v) is 1.24. The highest BCUT2D eigenvalue weighted by molar-refractivity contribution is 5.73. The quantitative estimate of drug-likeness (QED) is 0.521. The van der Waals surface area contributed by atoms with Crippen LogP contribution in [0.1, 0.15) is 6.42 Å². The third kappa shape index (κ3) is 0.734. The minimum Gasteiger partial charge on any atom is -0.481 e. The highest BCUT2D eigenvalue weighted by Gasteiger charge is 2.39. The first-order chi connectivity index (χ1) is 3.22. The fourth-order valence-electron chi connectivity index (χ4n) is 0.550. The second-order valence-corrected chi connectivity index (χ2v) is 1.94. The van der Waals surface area contributed by atoms with Crippen molar-refractivity contribution in [2.24, 2.45) is 11.8 Å². The van der Waals surface area contributed by atoms with Gasteiger partial charge < -0.3 is 5.11 Å². The van der Waals surface area contributed by atoms with Gasteiger partial charge >= 0.3 is 5.97 Å². The Bertz CT molecular complexity index is 98.3. The monoisotopic (exact) mass is 99.0 g/mol. The van der Waals surface area contributed by atoms with E-state index in [9.17, 15) is 4.79 Å². The van der Waals surface area contributed by atoms with E-state index in [1.165, 1.54) is 0 Å². The van der Waals surface area contributed by atoms with Crippen molar-refractivity contribution in [1.29, 1.82) is 0 Å². The van der Waals surface area contributed by atoms with Crippen LogP contribution in [0.4, 0.5) is 0 Å². The van der Waals surface area contributed by atoms with Crippen LogP contribution in [0.5, 0.6) is 0 Å². The molecule has 1 radical (unpaired) electrons. The first kappa shape index (κ1) is 4.62. The average molecular weight is 99.1 g/mol. The van der Waals surface area contributed by atoms with Gasteiger partial charge in [-0.3, -0.25) is 4.79 Å². The summed E-state index contributed by atoms with van der Waals surface area (Å²) in [6.45, 7) is 3.57. The van der Waals surface area contributed by atoms with Crippen molar-refractivity contribution < 1.29 is 9.90 Å². The highest BCUT2D eigenvalue weighted by atomic mass is 16.4. The van der Waals surface area contributed by atoms with Gasteiger partial charge in [0.2, 0.25) is 0 Å². The fourth-order valence-corrected chi connectivity index (χ4v) is 0.550. The summed E-state index contributed by atoms with van der Waals surface area (Å²) in [5.41, 5.74) is 0. The van der Waals surface area contributed by atoms with E-state index in [1.807, 2.05) is 0 Å². The van der Waals surface area contributed by atoms with Gasteiger partial charge in [0.1, 0.15) is 0 Å². The second-order valence-electron chi connectivity index (χ2n) is 1.94. The van der Waals surface area contributed by atoms with Gasteiger partial charge in [-0.2, -0.15) is 0 Å². The lowest BCUT2D eigenvalue weighted by Crippen LogP contribution is -1.97. The first-order valence-electron chi connectivity index (χ1n) is 2.27. The van der Waals surface area contributed by atoms with Gasteiger partial charge in [0.15, 0.2) is 0 Å². The molecule has 39 valence electrons. The van der Waals surface area contributed by atoms with Crippen LogP contribution in [0.3, 0.4) is 0 Å². The molecule has 1 N–H and O–H groups in total. The Morgan fingerprint density at radius 2 is 2.29 bits per heavy atom. The molecule has 2 nitrogen and oxygen atoms in total.